The minimum Gasteiger partial charge on any atom is -0.393 e. The Labute approximate surface area is 172 Å². The second-order valence-electron chi connectivity index (χ2n) is 11.8. The SMILES string of the molecule is C[C@H]([C@@H]1CCCCN1)[C@H]1CCC2C3CC=C4C[C@@H](O)CC[C@]4(C)C3CC[C@@]21C. The van der Waals surface area contributed by atoms with Gasteiger partial charge in [-0.3, -0.25) is 0 Å². The summed E-state index contributed by atoms with van der Waals surface area (Å²) < 4.78 is 0. The Hall–Kier alpha value is -0.340. The van der Waals surface area contributed by atoms with Gasteiger partial charge in [0.1, 0.15) is 0 Å². The molecule has 0 amide bonds. The van der Waals surface area contributed by atoms with E-state index in [0.29, 0.717) is 10.8 Å². The molecule has 0 radical (unpaired) electrons. The molecule has 4 fully saturated rings. The van der Waals surface area contributed by atoms with Crippen molar-refractivity contribution in [3.8, 4) is 0 Å². The molecule has 5 aliphatic rings. The largest absolute Gasteiger partial charge is 0.393 e. The summed E-state index contributed by atoms with van der Waals surface area (Å²) in [6, 6.07) is 0.766. The van der Waals surface area contributed by atoms with Crippen molar-refractivity contribution in [2.45, 2.75) is 104 Å². The van der Waals surface area contributed by atoms with Crippen LogP contribution >= 0.6 is 0 Å². The van der Waals surface area contributed by atoms with Crippen LogP contribution in [-0.2, 0) is 0 Å². The summed E-state index contributed by atoms with van der Waals surface area (Å²) in [5.41, 5.74) is 2.57. The molecule has 3 saturated carbocycles. The molecule has 2 nitrogen and oxygen atoms in total. The minimum absolute atomic E-state index is 0.0792. The summed E-state index contributed by atoms with van der Waals surface area (Å²) in [5, 5.41) is 14.1. The molecule has 9 atom stereocenters. The highest BCUT2D eigenvalue weighted by Gasteiger charge is 2.59. The molecule has 0 aromatic rings. The van der Waals surface area contributed by atoms with Crippen molar-refractivity contribution in [3.05, 3.63) is 11.6 Å². The smallest absolute Gasteiger partial charge is 0.0577 e. The van der Waals surface area contributed by atoms with Gasteiger partial charge < -0.3 is 10.4 Å². The van der Waals surface area contributed by atoms with Gasteiger partial charge >= 0.3 is 0 Å². The van der Waals surface area contributed by atoms with Gasteiger partial charge in [0, 0.05) is 6.04 Å². The van der Waals surface area contributed by atoms with E-state index in [1.54, 1.807) is 5.57 Å². The maximum Gasteiger partial charge on any atom is 0.0577 e. The predicted molar refractivity (Wildman–Crippen MR) is 116 cm³/mol. The second kappa shape index (κ2) is 7.12. The molecule has 158 valence electrons. The molecule has 1 aliphatic heterocycles. The first-order chi connectivity index (χ1) is 13.4. The molecule has 28 heavy (non-hydrogen) atoms. The van der Waals surface area contributed by atoms with Crippen molar-refractivity contribution >= 4 is 0 Å². The molecule has 5 rings (SSSR count). The van der Waals surface area contributed by atoms with Crippen LogP contribution in [0.25, 0.3) is 0 Å². The zero-order chi connectivity index (χ0) is 19.5. The quantitative estimate of drug-likeness (QED) is 0.597. The third-order valence-electron chi connectivity index (χ3n) is 10.8. The van der Waals surface area contributed by atoms with Crippen molar-refractivity contribution in [3.63, 3.8) is 0 Å². The number of fused-ring (bicyclic) bond motifs is 5. The fraction of sp³-hybridized carbons (Fsp3) is 0.923. The summed E-state index contributed by atoms with van der Waals surface area (Å²) >= 11 is 0. The molecule has 0 aromatic carbocycles. The van der Waals surface area contributed by atoms with E-state index in [1.165, 1.54) is 64.3 Å². The lowest BCUT2D eigenvalue weighted by Crippen LogP contribution is -2.52. The molecule has 2 heteroatoms. The lowest BCUT2D eigenvalue weighted by atomic mass is 9.47. The fourth-order valence-electron chi connectivity index (χ4n) is 9.15. The number of allylic oxidation sites excluding steroid dienone is 1. The van der Waals surface area contributed by atoms with Gasteiger partial charge in [0.05, 0.1) is 6.10 Å². The van der Waals surface area contributed by atoms with Crippen LogP contribution < -0.4 is 5.32 Å². The molecule has 0 spiro atoms. The van der Waals surface area contributed by atoms with E-state index >= 15 is 0 Å². The Morgan fingerprint density at radius 2 is 1.89 bits per heavy atom. The summed E-state index contributed by atoms with van der Waals surface area (Å²) in [6.07, 6.45) is 17.0. The van der Waals surface area contributed by atoms with Crippen LogP contribution in [0.4, 0.5) is 0 Å². The standard InChI is InChI=1S/C26H43NO/c1-17(24-6-4-5-15-27-24)21-9-10-22-20-8-7-18-16-19(28)11-13-25(18,2)23(20)12-14-26(21,22)3/h7,17,19-24,27-28H,4-6,8-16H2,1-3H3/t17-,19-,20?,21+,22?,23?,24-,25-,26+/m0/s1. The Kier molecular flexibility index (Phi) is 4.99. The van der Waals surface area contributed by atoms with Crippen LogP contribution in [0.1, 0.15) is 91.4 Å². The first-order valence-corrected chi connectivity index (χ1v) is 12.5. The minimum atomic E-state index is -0.0792. The van der Waals surface area contributed by atoms with Crippen molar-refractivity contribution < 1.29 is 5.11 Å². The molecular weight excluding hydrogens is 342 g/mol. The van der Waals surface area contributed by atoms with Crippen molar-refractivity contribution in [1.29, 1.82) is 0 Å². The van der Waals surface area contributed by atoms with E-state index in [1.807, 2.05) is 0 Å². The number of hydrogen-bond donors (Lipinski definition) is 2. The third-order valence-corrected chi connectivity index (χ3v) is 10.8. The fourth-order valence-corrected chi connectivity index (χ4v) is 9.15. The molecule has 2 N–H and O–H groups in total. The van der Waals surface area contributed by atoms with Crippen LogP contribution in [0.15, 0.2) is 11.6 Å². The van der Waals surface area contributed by atoms with Crippen molar-refractivity contribution in [2.24, 2.45) is 40.4 Å². The highest BCUT2D eigenvalue weighted by Crippen LogP contribution is 2.67. The van der Waals surface area contributed by atoms with E-state index in [4.69, 9.17) is 0 Å². The number of aliphatic hydroxyl groups excluding tert-OH is 1. The third kappa shape index (κ3) is 2.88. The number of piperidine rings is 1. The van der Waals surface area contributed by atoms with Gasteiger partial charge in [-0.05, 0) is 111 Å². The van der Waals surface area contributed by atoms with Gasteiger partial charge in [-0.15, -0.1) is 0 Å². The monoisotopic (exact) mass is 385 g/mol. The molecule has 0 bridgehead atoms. The van der Waals surface area contributed by atoms with Crippen molar-refractivity contribution in [1.82, 2.24) is 5.32 Å². The lowest BCUT2D eigenvalue weighted by molar-refractivity contribution is -0.0595. The van der Waals surface area contributed by atoms with E-state index < -0.39 is 0 Å². The normalized spacial score (nSPS) is 52.2. The Balaban J connectivity index is 1.38. The first-order valence-electron chi connectivity index (χ1n) is 12.5. The molecular formula is C26H43NO. The van der Waals surface area contributed by atoms with E-state index in [9.17, 15) is 5.11 Å². The molecule has 3 unspecified atom stereocenters. The Morgan fingerprint density at radius 3 is 2.68 bits per heavy atom. The van der Waals surface area contributed by atoms with Gasteiger partial charge in [-0.25, -0.2) is 0 Å². The number of hydrogen-bond acceptors (Lipinski definition) is 2. The molecule has 1 saturated heterocycles. The van der Waals surface area contributed by atoms with Crippen LogP contribution in [0.3, 0.4) is 0 Å². The van der Waals surface area contributed by atoms with Crippen molar-refractivity contribution in [2.75, 3.05) is 6.54 Å². The topological polar surface area (TPSA) is 32.3 Å². The van der Waals surface area contributed by atoms with E-state index in [0.717, 1.165) is 48.5 Å². The Bertz CT molecular complexity index is 622. The highest BCUT2D eigenvalue weighted by molar-refractivity contribution is 5.25. The van der Waals surface area contributed by atoms with E-state index in [2.05, 4.69) is 32.2 Å². The average molecular weight is 386 g/mol. The van der Waals surface area contributed by atoms with Crippen LogP contribution in [-0.4, -0.2) is 23.8 Å². The van der Waals surface area contributed by atoms with Crippen LogP contribution in [0.5, 0.6) is 0 Å². The first kappa shape index (κ1) is 19.6. The number of aliphatic hydroxyl groups is 1. The predicted octanol–water partition coefficient (Wildman–Crippen LogP) is 5.70. The summed E-state index contributed by atoms with van der Waals surface area (Å²) in [6.45, 7) is 9.07. The van der Waals surface area contributed by atoms with Crippen LogP contribution in [0, 0.1) is 40.4 Å². The zero-order valence-corrected chi connectivity index (χ0v) is 18.6. The maximum atomic E-state index is 10.2. The second-order valence-corrected chi connectivity index (χ2v) is 11.8. The number of rotatable bonds is 2. The number of nitrogens with one attached hydrogen (secondary N) is 1. The zero-order valence-electron chi connectivity index (χ0n) is 18.6. The van der Waals surface area contributed by atoms with Crippen LogP contribution in [0.2, 0.25) is 0 Å². The summed E-state index contributed by atoms with van der Waals surface area (Å²) in [5.74, 6) is 4.46. The average Bonchev–Trinajstić information content (AvgIpc) is 3.06. The molecule has 4 aliphatic carbocycles. The Morgan fingerprint density at radius 1 is 1.04 bits per heavy atom. The van der Waals surface area contributed by atoms with Gasteiger partial charge in [-0.1, -0.05) is 38.8 Å². The van der Waals surface area contributed by atoms with Gasteiger partial charge in [0.2, 0.25) is 0 Å². The summed E-state index contributed by atoms with van der Waals surface area (Å²) in [7, 11) is 0. The van der Waals surface area contributed by atoms with Gasteiger partial charge in [0.15, 0.2) is 0 Å². The van der Waals surface area contributed by atoms with Gasteiger partial charge in [0.25, 0.3) is 0 Å². The molecule has 1 heterocycles. The van der Waals surface area contributed by atoms with E-state index in [-0.39, 0.29) is 6.10 Å². The molecule has 0 aromatic heterocycles. The van der Waals surface area contributed by atoms with Gasteiger partial charge in [-0.2, -0.15) is 0 Å². The lowest BCUT2D eigenvalue weighted by Gasteiger charge is -2.58. The maximum absolute atomic E-state index is 10.2. The highest BCUT2D eigenvalue weighted by atomic mass is 16.3. The summed E-state index contributed by atoms with van der Waals surface area (Å²) in [4.78, 5) is 0.